The molecule has 5 nitrogen and oxygen atoms in total. The van der Waals surface area contributed by atoms with E-state index in [2.05, 4.69) is 15.1 Å². The molecule has 0 saturated heterocycles. The fourth-order valence-corrected chi connectivity index (χ4v) is 2.61. The number of nitrogens with zero attached hydrogens (tertiary/aromatic N) is 4. The number of hydrogen-bond acceptors (Lipinski definition) is 4. The van der Waals surface area contributed by atoms with Crippen LogP contribution in [0.3, 0.4) is 0 Å². The number of pyridine rings is 2. The first-order valence-electron chi connectivity index (χ1n) is 7.39. The molecule has 25 heavy (non-hydrogen) atoms. The molecule has 4 heterocycles. The van der Waals surface area contributed by atoms with Gasteiger partial charge in [0.1, 0.15) is 5.69 Å². The first-order valence-corrected chi connectivity index (χ1v) is 7.39. The molecule has 0 amide bonds. The third-order valence-corrected chi connectivity index (χ3v) is 3.77. The van der Waals surface area contributed by atoms with Crippen molar-refractivity contribution in [2.75, 3.05) is 0 Å². The van der Waals surface area contributed by atoms with Gasteiger partial charge >= 0.3 is 6.18 Å². The summed E-state index contributed by atoms with van der Waals surface area (Å²) in [5, 5.41) is 4.05. The normalized spacial score (nSPS) is 12.0. The average molecular weight is 344 g/mol. The summed E-state index contributed by atoms with van der Waals surface area (Å²) in [6.45, 7) is 0.290. The number of alkyl halides is 3. The van der Waals surface area contributed by atoms with Gasteiger partial charge in [-0.05, 0) is 35.9 Å². The minimum Gasteiger partial charge on any atom is -0.463 e. The Morgan fingerprint density at radius 2 is 1.92 bits per heavy atom. The lowest BCUT2D eigenvalue weighted by Crippen LogP contribution is -2.08. The lowest BCUT2D eigenvalue weighted by Gasteiger charge is -2.10. The van der Waals surface area contributed by atoms with E-state index in [0.717, 1.165) is 11.6 Å². The second kappa shape index (κ2) is 5.73. The van der Waals surface area contributed by atoms with E-state index in [4.69, 9.17) is 4.42 Å². The molecule has 126 valence electrons. The van der Waals surface area contributed by atoms with Crippen LogP contribution in [0.2, 0.25) is 0 Å². The first-order chi connectivity index (χ1) is 12.0. The van der Waals surface area contributed by atoms with Crippen LogP contribution in [-0.4, -0.2) is 19.7 Å². The molecule has 0 bridgehead atoms. The monoisotopic (exact) mass is 344 g/mol. The molecule has 0 aromatic carbocycles. The summed E-state index contributed by atoms with van der Waals surface area (Å²) >= 11 is 0. The smallest absolute Gasteiger partial charge is 0.417 e. The van der Waals surface area contributed by atoms with E-state index >= 15 is 0 Å². The molecule has 0 fully saturated rings. The topological polar surface area (TPSA) is 56.7 Å². The van der Waals surface area contributed by atoms with E-state index in [0.29, 0.717) is 0 Å². The van der Waals surface area contributed by atoms with Gasteiger partial charge in [0.2, 0.25) is 0 Å². The summed E-state index contributed by atoms with van der Waals surface area (Å²) < 4.78 is 47.1. The molecule has 0 radical (unpaired) electrons. The minimum atomic E-state index is -4.52. The van der Waals surface area contributed by atoms with Gasteiger partial charge in [-0.15, -0.1) is 0 Å². The lowest BCUT2D eigenvalue weighted by molar-refractivity contribution is -0.136. The van der Waals surface area contributed by atoms with Crippen LogP contribution in [0.1, 0.15) is 11.1 Å². The highest BCUT2D eigenvalue weighted by atomic mass is 19.4. The summed E-state index contributed by atoms with van der Waals surface area (Å²) in [7, 11) is 0. The Morgan fingerprint density at radius 1 is 1.12 bits per heavy atom. The van der Waals surface area contributed by atoms with Crippen molar-refractivity contribution >= 4 is 11.0 Å². The number of hydrogen-bond donors (Lipinski definition) is 0. The van der Waals surface area contributed by atoms with Crippen molar-refractivity contribution in [1.29, 1.82) is 0 Å². The zero-order valence-corrected chi connectivity index (χ0v) is 12.7. The zero-order chi connectivity index (χ0) is 17.4. The number of fused-ring (bicyclic) bond motifs is 1. The minimum absolute atomic E-state index is 0.0446. The van der Waals surface area contributed by atoms with E-state index in [1.54, 1.807) is 36.7 Å². The zero-order valence-electron chi connectivity index (χ0n) is 12.7. The van der Waals surface area contributed by atoms with Gasteiger partial charge in [0, 0.05) is 12.4 Å². The van der Waals surface area contributed by atoms with Gasteiger partial charge in [-0.25, -0.2) is 9.67 Å². The van der Waals surface area contributed by atoms with Crippen molar-refractivity contribution < 1.29 is 17.6 Å². The van der Waals surface area contributed by atoms with Crippen LogP contribution in [0.5, 0.6) is 0 Å². The summed E-state index contributed by atoms with van der Waals surface area (Å²) in [6.07, 6.45) is 1.29. The molecule has 0 atom stereocenters. The molecule has 0 N–H and O–H groups in total. The highest BCUT2D eigenvalue weighted by Gasteiger charge is 2.35. The van der Waals surface area contributed by atoms with Gasteiger partial charge in [0.05, 0.1) is 30.0 Å². The standard InChI is InChI=1S/C17H11F3N4O/c18-17(19,20)13-8-14(15-2-1-7-25-15)23-16-12(13)9-22-24(16)10-11-3-5-21-6-4-11/h1-9H,10H2. The third-order valence-electron chi connectivity index (χ3n) is 3.77. The fourth-order valence-electron chi connectivity index (χ4n) is 2.61. The lowest BCUT2D eigenvalue weighted by atomic mass is 10.1. The van der Waals surface area contributed by atoms with Crippen molar-refractivity contribution in [1.82, 2.24) is 19.7 Å². The van der Waals surface area contributed by atoms with Crippen molar-refractivity contribution in [3.63, 3.8) is 0 Å². The molecule has 0 unspecified atom stereocenters. The van der Waals surface area contributed by atoms with Crippen LogP contribution < -0.4 is 0 Å². The second-order valence-corrected chi connectivity index (χ2v) is 5.43. The molecule has 0 spiro atoms. The quantitative estimate of drug-likeness (QED) is 0.560. The Hall–Kier alpha value is -3.16. The molecule has 0 aliphatic rings. The Kier molecular flexibility index (Phi) is 3.52. The molecular formula is C17H11F3N4O. The number of furan rings is 1. The molecule has 4 rings (SSSR count). The van der Waals surface area contributed by atoms with Crippen LogP contribution >= 0.6 is 0 Å². The SMILES string of the molecule is FC(F)(F)c1cc(-c2ccco2)nc2c1cnn2Cc1ccncc1. The number of halogens is 3. The van der Waals surface area contributed by atoms with E-state index in [1.807, 2.05) is 0 Å². The van der Waals surface area contributed by atoms with E-state index in [1.165, 1.54) is 17.1 Å². The van der Waals surface area contributed by atoms with Crippen LogP contribution in [-0.2, 0) is 12.7 Å². The Balaban J connectivity index is 1.90. The maximum Gasteiger partial charge on any atom is 0.417 e. The molecule has 0 aliphatic carbocycles. The van der Waals surface area contributed by atoms with Gasteiger partial charge in [-0.2, -0.15) is 18.3 Å². The fraction of sp³-hybridized carbons (Fsp3) is 0.118. The summed E-state index contributed by atoms with van der Waals surface area (Å²) in [4.78, 5) is 8.26. The van der Waals surface area contributed by atoms with E-state index in [9.17, 15) is 13.2 Å². The van der Waals surface area contributed by atoms with Crippen molar-refractivity contribution in [2.24, 2.45) is 0 Å². The van der Waals surface area contributed by atoms with Crippen LogP contribution in [0.15, 0.2) is 59.6 Å². The number of aromatic nitrogens is 4. The van der Waals surface area contributed by atoms with Crippen LogP contribution in [0, 0.1) is 0 Å². The van der Waals surface area contributed by atoms with Gasteiger partial charge in [-0.3, -0.25) is 4.98 Å². The van der Waals surface area contributed by atoms with Crippen LogP contribution in [0.25, 0.3) is 22.5 Å². The average Bonchev–Trinajstić information content (AvgIpc) is 3.24. The molecule has 4 aromatic heterocycles. The summed E-state index contributed by atoms with van der Waals surface area (Å²) in [5.74, 6) is 0.268. The van der Waals surface area contributed by atoms with Crippen LogP contribution in [0.4, 0.5) is 13.2 Å². The van der Waals surface area contributed by atoms with E-state index in [-0.39, 0.29) is 29.0 Å². The Labute approximate surface area is 139 Å². The highest BCUT2D eigenvalue weighted by molar-refractivity contribution is 5.82. The van der Waals surface area contributed by atoms with E-state index < -0.39 is 11.7 Å². The molecule has 0 saturated carbocycles. The van der Waals surface area contributed by atoms with Gasteiger partial charge < -0.3 is 4.42 Å². The van der Waals surface area contributed by atoms with Gasteiger partial charge in [0.15, 0.2) is 11.4 Å². The highest BCUT2D eigenvalue weighted by Crippen LogP contribution is 2.36. The second-order valence-electron chi connectivity index (χ2n) is 5.43. The Bertz CT molecular complexity index is 1010. The first kappa shape index (κ1) is 15.4. The predicted molar refractivity (Wildman–Crippen MR) is 83.6 cm³/mol. The number of rotatable bonds is 3. The molecule has 0 aliphatic heterocycles. The predicted octanol–water partition coefficient (Wildman–Crippen LogP) is 4.15. The molecule has 4 aromatic rings. The molecule has 8 heteroatoms. The van der Waals surface area contributed by atoms with Gasteiger partial charge in [0.25, 0.3) is 0 Å². The maximum absolute atomic E-state index is 13.5. The van der Waals surface area contributed by atoms with Crippen molar-refractivity contribution in [2.45, 2.75) is 12.7 Å². The summed E-state index contributed by atoms with van der Waals surface area (Å²) in [6, 6.07) is 7.70. The van der Waals surface area contributed by atoms with Crippen molar-refractivity contribution in [3.05, 3.63) is 66.3 Å². The molecular weight excluding hydrogens is 333 g/mol. The largest absolute Gasteiger partial charge is 0.463 e. The Morgan fingerprint density at radius 3 is 2.60 bits per heavy atom. The third kappa shape index (κ3) is 2.86. The summed E-state index contributed by atoms with van der Waals surface area (Å²) in [5.41, 5.74) is 0.336. The maximum atomic E-state index is 13.5. The van der Waals surface area contributed by atoms with Crippen molar-refractivity contribution in [3.8, 4) is 11.5 Å². The van der Waals surface area contributed by atoms with Gasteiger partial charge in [-0.1, -0.05) is 0 Å².